The van der Waals surface area contributed by atoms with Crippen molar-refractivity contribution < 1.29 is 9.59 Å². The van der Waals surface area contributed by atoms with Gasteiger partial charge in [0, 0.05) is 58.5 Å². The van der Waals surface area contributed by atoms with Crippen molar-refractivity contribution in [2.24, 2.45) is 0 Å². The molecule has 0 aliphatic carbocycles. The van der Waals surface area contributed by atoms with Crippen molar-refractivity contribution in [3.8, 4) is 0 Å². The van der Waals surface area contributed by atoms with Crippen LogP contribution in [-0.4, -0.2) is 81.1 Å². The summed E-state index contributed by atoms with van der Waals surface area (Å²) in [5.41, 5.74) is 1.18. The van der Waals surface area contributed by atoms with Crippen LogP contribution < -0.4 is 15.5 Å². The maximum atomic E-state index is 12.3. The normalized spacial score (nSPS) is 14.7. The molecule has 1 saturated heterocycles. The first kappa shape index (κ1) is 21.0. The average Bonchev–Trinajstić information content (AvgIpc) is 2.70. The van der Waals surface area contributed by atoms with Crippen LogP contribution >= 0.6 is 0 Å². The van der Waals surface area contributed by atoms with E-state index in [4.69, 9.17) is 0 Å². The number of rotatable bonds is 9. The number of anilines is 1. The molecule has 0 aromatic heterocycles. The monoisotopic (exact) mass is 375 g/mol. The second-order valence-electron chi connectivity index (χ2n) is 6.96. The predicted molar refractivity (Wildman–Crippen MR) is 109 cm³/mol. The van der Waals surface area contributed by atoms with E-state index in [-0.39, 0.29) is 11.9 Å². The highest BCUT2D eigenvalue weighted by Gasteiger charge is 2.21. The molecule has 1 aromatic carbocycles. The average molecular weight is 376 g/mol. The number of nitrogens with zero attached hydrogens (tertiary/aromatic N) is 3. The Balaban J connectivity index is 1.58. The summed E-state index contributed by atoms with van der Waals surface area (Å²) in [5.74, 6) is 0.0669. The molecule has 2 rings (SSSR count). The number of hydrogen-bond donors (Lipinski definition) is 2. The number of carbonyl (C=O) groups excluding carboxylic acids is 2. The van der Waals surface area contributed by atoms with Gasteiger partial charge in [-0.1, -0.05) is 25.1 Å². The predicted octanol–water partition coefficient (Wildman–Crippen LogP) is 1.37. The van der Waals surface area contributed by atoms with Crippen molar-refractivity contribution in [3.05, 3.63) is 30.3 Å². The highest BCUT2D eigenvalue weighted by Crippen LogP contribution is 2.10. The molecule has 3 amide bonds. The second kappa shape index (κ2) is 11.4. The van der Waals surface area contributed by atoms with Crippen LogP contribution in [0.25, 0.3) is 0 Å². The topological polar surface area (TPSA) is 67.9 Å². The van der Waals surface area contributed by atoms with E-state index in [1.807, 2.05) is 30.0 Å². The largest absolute Gasteiger partial charge is 0.375 e. The maximum Gasteiger partial charge on any atom is 0.317 e. The van der Waals surface area contributed by atoms with E-state index in [0.29, 0.717) is 26.2 Å². The fourth-order valence-electron chi connectivity index (χ4n) is 3.07. The lowest BCUT2D eigenvalue weighted by Gasteiger charge is -2.34. The Morgan fingerprint density at radius 1 is 1.04 bits per heavy atom. The van der Waals surface area contributed by atoms with Crippen molar-refractivity contribution in [3.63, 3.8) is 0 Å². The fourth-order valence-corrected chi connectivity index (χ4v) is 3.07. The van der Waals surface area contributed by atoms with Crippen LogP contribution in [0.15, 0.2) is 30.3 Å². The van der Waals surface area contributed by atoms with Crippen LogP contribution in [0.2, 0.25) is 0 Å². The molecule has 0 atom stereocenters. The lowest BCUT2D eigenvalue weighted by Crippen LogP contribution is -2.53. The van der Waals surface area contributed by atoms with E-state index < -0.39 is 0 Å². The van der Waals surface area contributed by atoms with E-state index in [9.17, 15) is 9.59 Å². The van der Waals surface area contributed by atoms with Gasteiger partial charge in [-0.25, -0.2) is 4.79 Å². The van der Waals surface area contributed by atoms with Crippen LogP contribution in [0, 0.1) is 0 Å². The maximum absolute atomic E-state index is 12.3. The van der Waals surface area contributed by atoms with Crippen molar-refractivity contribution in [2.75, 3.05) is 64.3 Å². The minimum Gasteiger partial charge on any atom is -0.375 e. The Morgan fingerprint density at radius 3 is 2.41 bits per heavy atom. The zero-order valence-electron chi connectivity index (χ0n) is 16.6. The number of urea groups is 1. The van der Waals surface area contributed by atoms with E-state index in [1.165, 1.54) is 5.69 Å². The first-order chi connectivity index (χ1) is 13.1. The summed E-state index contributed by atoms with van der Waals surface area (Å²) in [5, 5.41) is 5.90. The van der Waals surface area contributed by atoms with Crippen LogP contribution in [0.4, 0.5) is 10.5 Å². The number of carbonyl (C=O) groups is 2. The molecule has 2 N–H and O–H groups in total. The number of para-hydroxylation sites is 1. The highest BCUT2D eigenvalue weighted by molar-refractivity contribution is 5.78. The molecule has 27 heavy (non-hydrogen) atoms. The van der Waals surface area contributed by atoms with Gasteiger partial charge in [0.15, 0.2) is 0 Å². The van der Waals surface area contributed by atoms with Crippen LogP contribution in [0.5, 0.6) is 0 Å². The Bertz CT molecular complexity index is 573. The van der Waals surface area contributed by atoms with E-state index in [1.54, 1.807) is 0 Å². The zero-order valence-corrected chi connectivity index (χ0v) is 16.6. The minimum atomic E-state index is -0.00699. The van der Waals surface area contributed by atoms with Gasteiger partial charge in [0.1, 0.15) is 0 Å². The van der Waals surface area contributed by atoms with Gasteiger partial charge >= 0.3 is 6.03 Å². The molecule has 150 valence electrons. The highest BCUT2D eigenvalue weighted by atomic mass is 16.2. The quantitative estimate of drug-likeness (QED) is 0.640. The Labute approximate surface area is 162 Å². The molecule has 1 fully saturated rings. The van der Waals surface area contributed by atoms with Crippen molar-refractivity contribution in [1.82, 2.24) is 20.4 Å². The van der Waals surface area contributed by atoms with Crippen LogP contribution in [-0.2, 0) is 4.79 Å². The summed E-state index contributed by atoms with van der Waals surface area (Å²) in [6.45, 7) is 7.54. The van der Waals surface area contributed by atoms with E-state index in [2.05, 4.69) is 39.6 Å². The third-order valence-electron chi connectivity index (χ3n) is 4.74. The molecule has 7 heteroatoms. The SMILES string of the molecule is CCCNC(=O)CN1CCN(C(=O)NCCCN(C)c2ccccc2)CC1. The molecular weight excluding hydrogens is 342 g/mol. The van der Waals surface area contributed by atoms with Gasteiger partial charge in [-0.15, -0.1) is 0 Å². The number of nitrogens with one attached hydrogen (secondary N) is 2. The van der Waals surface area contributed by atoms with Crippen molar-refractivity contribution >= 4 is 17.6 Å². The molecule has 7 nitrogen and oxygen atoms in total. The summed E-state index contributed by atoms with van der Waals surface area (Å²) in [7, 11) is 2.06. The molecule has 1 aliphatic rings. The fraction of sp³-hybridized carbons (Fsp3) is 0.600. The first-order valence-electron chi connectivity index (χ1n) is 9.88. The molecular formula is C20H33N5O2. The van der Waals surface area contributed by atoms with Crippen molar-refractivity contribution in [2.45, 2.75) is 19.8 Å². The summed E-state index contributed by atoms with van der Waals surface area (Å²) < 4.78 is 0. The van der Waals surface area contributed by atoms with Crippen LogP contribution in [0.1, 0.15) is 19.8 Å². The number of hydrogen-bond acceptors (Lipinski definition) is 4. The van der Waals surface area contributed by atoms with Gasteiger partial charge in [-0.05, 0) is 25.0 Å². The van der Waals surface area contributed by atoms with Crippen LogP contribution in [0.3, 0.4) is 0 Å². The Kier molecular flexibility index (Phi) is 8.91. The van der Waals surface area contributed by atoms with Gasteiger partial charge in [-0.2, -0.15) is 0 Å². The zero-order chi connectivity index (χ0) is 19.5. The van der Waals surface area contributed by atoms with Gasteiger partial charge in [0.05, 0.1) is 6.54 Å². The molecule has 0 bridgehead atoms. The summed E-state index contributed by atoms with van der Waals surface area (Å²) in [6, 6.07) is 10.2. The summed E-state index contributed by atoms with van der Waals surface area (Å²) >= 11 is 0. The standard InChI is InChI=1S/C20H33N5O2/c1-3-10-21-19(26)17-24-13-15-25(16-14-24)20(27)22-11-7-12-23(2)18-8-5-4-6-9-18/h4-6,8-9H,3,7,10-17H2,1-2H3,(H,21,26)(H,22,27). The lowest BCUT2D eigenvalue weighted by atomic mass is 10.3. The van der Waals surface area contributed by atoms with E-state index >= 15 is 0 Å². The molecule has 0 saturated carbocycles. The molecule has 1 aromatic rings. The molecule has 1 heterocycles. The third kappa shape index (κ3) is 7.46. The molecule has 0 radical (unpaired) electrons. The molecule has 0 spiro atoms. The molecule has 1 aliphatic heterocycles. The van der Waals surface area contributed by atoms with Gasteiger partial charge in [-0.3, -0.25) is 9.69 Å². The lowest BCUT2D eigenvalue weighted by molar-refractivity contribution is -0.122. The summed E-state index contributed by atoms with van der Waals surface area (Å²) in [6.07, 6.45) is 1.84. The number of amides is 3. The van der Waals surface area contributed by atoms with E-state index in [0.717, 1.165) is 39.0 Å². The Hall–Kier alpha value is -2.28. The first-order valence-corrected chi connectivity index (χ1v) is 9.88. The Morgan fingerprint density at radius 2 is 1.74 bits per heavy atom. The molecule has 0 unspecified atom stereocenters. The van der Waals surface area contributed by atoms with Gasteiger partial charge < -0.3 is 20.4 Å². The smallest absolute Gasteiger partial charge is 0.317 e. The third-order valence-corrected chi connectivity index (χ3v) is 4.74. The summed E-state index contributed by atoms with van der Waals surface area (Å²) in [4.78, 5) is 30.2. The second-order valence-corrected chi connectivity index (χ2v) is 6.96. The number of benzene rings is 1. The minimum absolute atomic E-state index is 0.00699. The van der Waals surface area contributed by atoms with Gasteiger partial charge in [0.25, 0.3) is 0 Å². The van der Waals surface area contributed by atoms with Gasteiger partial charge in [0.2, 0.25) is 5.91 Å². The number of piperazine rings is 1. The van der Waals surface area contributed by atoms with Crippen molar-refractivity contribution in [1.29, 1.82) is 0 Å².